The van der Waals surface area contributed by atoms with Crippen molar-refractivity contribution in [2.24, 2.45) is 5.73 Å². The number of urea groups is 1. The maximum Gasteiger partial charge on any atom is 0.323 e. The van der Waals surface area contributed by atoms with E-state index >= 15 is 0 Å². The zero-order chi connectivity index (χ0) is 15.2. The minimum Gasteiger partial charge on any atom is -0.326 e. The van der Waals surface area contributed by atoms with Crippen molar-refractivity contribution in [3.05, 3.63) is 59.7 Å². The van der Waals surface area contributed by atoms with Crippen molar-refractivity contribution in [2.45, 2.75) is 26.3 Å². The van der Waals surface area contributed by atoms with E-state index in [1.807, 2.05) is 48.5 Å². The van der Waals surface area contributed by atoms with Crippen LogP contribution in [0.25, 0.3) is 0 Å². The quantitative estimate of drug-likeness (QED) is 0.796. The molecule has 2 rings (SSSR count). The van der Waals surface area contributed by atoms with Gasteiger partial charge in [-0.1, -0.05) is 44.2 Å². The Kier molecular flexibility index (Phi) is 4.95. The van der Waals surface area contributed by atoms with Crippen LogP contribution < -0.4 is 16.4 Å². The maximum absolute atomic E-state index is 12.1. The largest absolute Gasteiger partial charge is 0.326 e. The molecule has 2 aromatic rings. The summed E-state index contributed by atoms with van der Waals surface area (Å²) in [6.07, 6.45) is 0. The molecule has 0 aliphatic heterocycles. The number of para-hydroxylation sites is 1. The molecule has 0 aliphatic carbocycles. The molecule has 0 atom stereocenters. The summed E-state index contributed by atoms with van der Waals surface area (Å²) in [4.78, 5) is 12.1. The van der Waals surface area contributed by atoms with Crippen LogP contribution in [0.1, 0.15) is 30.9 Å². The molecule has 0 radical (unpaired) electrons. The number of rotatable bonds is 4. The molecule has 110 valence electrons. The third-order valence-corrected chi connectivity index (χ3v) is 3.28. The molecular weight excluding hydrogens is 262 g/mol. The number of hydrogen-bond acceptors (Lipinski definition) is 2. The number of benzene rings is 2. The predicted octanol–water partition coefficient (Wildman–Crippen LogP) is 3.91. The van der Waals surface area contributed by atoms with Gasteiger partial charge in [0.2, 0.25) is 0 Å². The molecule has 4 nitrogen and oxygen atoms in total. The minimum absolute atomic E-state index is 0.247. The average molecular weight is 283 g/mol. The molecule has 0 fully saturated rings. The predicted molar refractivity (Wildman–Crippen MR) is 87.5 cm³/mol. The van der Waals surface area contributed by atoms with Crippen LogP contribution in [0.15, 0.2) is 48.5 Å². The fraction of sp³-hybridized carbons (Fsp3) is 0.235. The Hall–Kier alpha value is -2.33. The molecule has 0 aromatic heterocycles. The fourth-order valence-electron chi connectivity index (χ4n) is 2.12. The highest BCUT2D eigenvalue weighted by atomic mass is 16.2. The molecule has 0 aliphatic rings. The van der Waals surface area contributed by atoms with Gasteiger partial charge in [0.1, 0.15) is 0 Å². The number of carbonyl (C=O) groups excluding carboxylic acids is 1. The van der Waals surface area contributed by atoms with Crippen LogP contribution in [0.3, 0.4) is 0 Å². The first-order chi connectivity index (χ1) is 10.1. The van der Waals surface area contributed by atoms with Gasteiger partial charge in [0.15, 0.2) is 0 Å². The summed E-state index contributed by atoms with van der Waals surface area (Å²) in [7, 11) is 0. The third kappa shape index (κ3) is 4.07. The van der Waals surface area contributed by atoms with E-state index in [-0.39, 0.29) is 6.03 Å². The van der Waals surface area contributed by atoms with Crippen LogP contribution >= 0.6 is 0 Å². The lowest BCUT2D eigenvalue weighted by Gasteiger charge is -2.14. The Balaban J connectivity index is 2.04. The lowest BCUT2D eigenvalue weighted by atomic mass is 10.0. The molecule has 0 heterocycles. The van der Waals surface area contributed by atoms with Gasteiger partial charge < -0.3 is 16.4 Å². The van der Waals surface area contributed by atoms with Crippen molar-refractivity contribution in [1.82, 2.24) is 0 Å². The SMILES string of the molecule is CC(C)c1ccccc1NC(=O)Nc1ccc(CN)cc1. The van der Waals surface area contributed by atoms with Gasteiger partial charge in [0.25, 0.3) is 0 Å². The number of carbonyl (C=O) groups is 1. The Morgan fingerprint density at radius 2 is 1.71 bits per heavy atom. The third-order valence-electron chi connectivity index (χ3n) is 3.28. The average Bonchev–Trinajstić information content (AvgIpc) is 2.48. The molecule has 4 heteroatoms. The second-order valence-electron chi connectivity index (χ2n) is 5.22. The fourth-order valence-corrected chi connectivity index (χ4v) is 2.12. The van der Waals surface area contributed by atoms with Gasteiger partial charge in [-0.25, -0.2) is 4.79 Å². The Bertz CT molecular complexity index is 606. The Morgan fingerprint density at radius 3 is 2.33 bits per heavy atom. The van der Waals surface area contributed by atoms with Crippen LogP contribution in [0.4, 0.5) is 16.2 Å². The highest BCUT2D eigenvalue weighted by molar-refractivity contribution is 6.00. The summed E-state index contributed by atoms with van der Waals surface area (Å²) >= 11 is 0. The van der Waals surface area contributed by atoms with E-state index < -0.39 is 0 Å². The Morgan fingerprint density at radius 1 is 1.05 bits per heavy atom. The lowest BCUT2D eigenvalue weighted by molar-refractivity contribution is 0.262. The van der Waals surface area contributed by atoms with Gasteiger partial charge in [-0.2, -0.15) is 0 Å². The van der Waals surface area contributed by atoms with Gasteiger partial charge in [0, 0.05) is 17.9 Å². The van der Waals surface area contributed by atoms with Gasteiger partial charge in [-0.05, 0) is 35.2 Å². The van der Waals surface area contributed by atoms with Gasteiger partial charge in [-0.3, -0.25) is 0 Å². The van der Waals surface area contributed by atoms with E-state index in [4.69, 9.17) is 5.73 Å². The molecule has 0 spiro atoms. The van der Waals surface area contributed by atoms with E-state index in [9.17, 15) is 4.79 Å². The first-order valence-corrected chi connectivity index (χ1v) is 7.06. The monoisotopic (exact) mass is 283 g/mol. The van der Waals surface area contributed by atoms with Crippen LogP contribution in [0, 0.1) is 0 Å². The maximum atomic E-state index is 12.1. The number of nitrogens with two attached hydrogens (primary N) is 1. The standard InChI is InChI=1S/C17H21N3O/c1-12(2)15-5-3-4-6-16(15)20-17(21)19-14-9-7-13(11-18)8-10-14/h3-10,12H,11,18H2,1-2H3,(H2,19,20,21). The van der Waals surface area contributed by atoms with Crippen LogP contribution in [-0.4, -0.2) is 6.03 Å². The molecule has 2 amide bonds. The van der Waals surface area contributed by atoms with E-state index in [2.05, 4.69) is 24.5 Å². The summed E-state index contributed by atoms with van der Waals surface area (Å²) in [5.74, 6) is 0.352. The molecule has 0 unspecified atom stereocenters. The molecular formula is C17H21N3O. The highest BCUT2D eigenvalue weighted by Crippen LogP contribution is 2.23. The summed E-state index contributed by atoms with van der Waals surface area (Å²) in [5.41, 5.74) is 9.28. The van der Waals surface area contributed by atoms with Crippen molar-refractivity contribution in [3.8, 4) is 0 Å². The smallest absolute Gasteiger partial charge is 0.323 e. The summed E-state index contributed by atoms with van der Waals surface area (Å²) in [5, 5.41) is 5.71. The second kappa shape index (κ2) is 6.90. The van der Waals surface area contributed by atoms with Crippen molar-refractivity contribution in [2.75, 3.05) is 10.6 Å². The van der Waals surface area contributed by atoms with Gasteiger partial charge in [0.05, 0.1) is 0 Å². The first kappa shape index (κ1) is 15.1. The molecule has 2 aromatic carbocycles. The minimum atomic E-state index is -0.247. The van der Waals surface area contributed by atoms with Gasteiger partial charge in [-0.15, -0.1) is 0 Å². The molecule has 0 saturated carbocycles. The summed E-state index contributed by atoms with van der Waals surface area (Å²) in [6, 6.07) is 15.1. The van der Waals surface area contributed by atoms with E-state index in [0.717, 1.165) is 22.5 Å². The van der Waals surface area contributed by atoms with E-state index in [1.54, 1.807) is 0 Å². The van der Waals surface area contributed by atoms with Crippen molar-refractivity contribution >= 4 is 17.4 Å². The van der Waals surface area contributed by atoms with Crippen molar-refractivity contribution in [3.63, 3.8) is 0 Å². The van der Waals surface area contributed by atoms with E-state index in [0.29, 0.717) is 12.5 Å². The number of anilines is 2. The normalized spacial score (nSPS) is 10.5. The van der Waals surface area contributed by atoms with Crippen LogP contribution in [0.5, 0.6) is 0 Å². The highest BCUT2D eigenvalue weighted by Gasteiger charge is 2.09. The molecule has 0 bridgehead atoms. The summed E-state index contributed by atoms with van der Waals surface area (Å²) in [6.45, 7) is 4.70. The number of nitrogens with one attached hydrogen (secondary N) is 2. The zero-order valence-electron chi connectivity index (χ0n) is 12.4. The van der Waals surface area contributed by atoms with Crippen LogP contribution in [0.2, 0.25) is 0 Å². The molecule has 4 N–H and O–H groups in total. The lowest BCUT2D eigenvalue weighted by Crippen LogP contribution is -2.20. The number of hydrogen-bond donors (Lipinski definition) is 3. The topological polar surface area (TPSA) is 67.2 Å². The zero-order valence-corrected chi connectivity index (χ0v) is 12.4. The summed E-state index contributed by atoms with van der Waals surface area (Å²) < 4.78 is 0. The second-order valence-corrected chi connectivity index (χ2v) is 5.22. The number of amides is 2. The van der Waals surface area contributed by atoms with Gasteiger partial charge >= 0.3 is 6.03 Å². The Labute approximate surface area is 125 Å². The van der Waals surface area contributed by atoms with E-state index in [1.165, 1.54) is 0 Å². The molecule has 21 heavy (non-hydrogen) atoms. The van der Waals surface area contributed by atoms with Crippen molar-refractivity contribution in [1.29, 1.82) is 0 Å². The van der Waals surface area contributed by atoms with Crippen molar-refractivity contribution < 1.29 is 4.79 Å². The first-order valence-electron chi connectivity index (χ1n) is 7.06. The van der Waals surface area contributed by atoms with Crippen LogP contribution in [-0.2, 0) is 6.54 Å². The molecule has 0 saturated heterocycles.